The van der Waals surface area contributed by atoms with Gasteiger partial charge in [-0.3, -0.25) is 0 Å². The molecule has 1 aromatic carbocycles. The van der Waals surface area contributed by atoms with Gasteiger partial charge in [0.25, 0.3) is 0 Å². The van der Waals surface area contributed by atoms with Crippen molar-refractivity contribution in [2.75, 3.05) is 13.6 Å². The van der Waals surface area contributed by atoms with Crippen molar-refractivity contribution in [3.8, 4) is 6.07 Å². The Morgan fingerprint density at radius 2 is 2.06 bits per heavy atom. The van der Waals surface area contributed by atoms with Gasteiger partial charge in [0, 0.05) is 13.1 Å². The molecule has 0 aliphatic rings. The fraction of sp³-hybridized carbons (Fsp3) is 0.417. The second-order valence-corrected chi connectivity index (χ2v) is 3.98. The predicted molar refractivity (Wildman–Crippen MR) is 57.5 cm³/mol. The average molecular weight is 224 g/mol. The second-order valence-electron chi connectivity index (χ2n) is 3.98. The average Bonchev–Trinajstić information content (AvgIpc) is 2.23. The maximum absolute atomic E-state index is 12.9. The Labute approximate surface area is 94.1 Å². The monoisotopic (exact) mass is 224 g/mol. The van der Waals surface area contributed by atoms with Crippen molar-refractivity contribution in [1.82, 2.24) is 4.90 Å². The van der Waals surface area contributed by atoms with E-state index in [-0.39, 0.29) is 5.92 Å². The Morgan fingerprint density at radius 3 is 2.62 bits per heavy atom. The largest absolute Gasteiger partial charge is 0.301 e. The van der Waals surface area contributed by atoms with Crippen LogP contribution in [0.3, 0.4) is 0 Å². The van der Waals surface area contributed by atoms with Gasteiger partial charge >= 0.3 is 0 Å². The molecule has 0 saturated carbocycles. The molecule has 16 heavy (non-hydrogen) atoms. The molecule has 4 heteroatoms. The van der Waals surface area contributed by atoms with Crippen LogP contribution in [-0.4, -0.2) is 18.5 Å². The molecule has 1 atom stereocenters. The molecule has 0 fully saturated rings. The molecule has 1 rings (SSSR count). The molecule has 0 N–H and O–H groups in total. The third-order valence-electron chi connectivity index (χ3n) is 2.24. The first kappa shape index (κ1) is 12.6. The highest BCUT2D eigenvalue weighted by Gasteiger charge is 2.07. The fourth-order valence-corrected chi connectivity index (χ4v) is 1.52. The van der Waals surface area contributed by atoms with Gasteiger partial charge in [-0.05, 0) is 31.7 Å². The summed E-state index contributed by atoms with van der Waals surface area (Å²) in [5.41, 5.74) is 0.700. The molecular weight excluding hydrogens is 210 g/mol. The minimum absolute atomic E-state index is 0.0738. The van der Waals surface area contributed by atoms with Crippen molar-refractivity contribution < 1.29 is 8.78 Å². The van der Waals surface area contributed by atoms with Crippen LogP contribution in [0.5, 0.6) is 0 Å². The van der Waals surface area contributed by atoms with Crippen LogP contribution in [0, 0.1) is 28.9 Å². The highest BCUT2D eigenvalue weighted by atomic mass is 19.2. The molecule has 0 radical (unpaired) electrons. The van der Waals surface area contributed by atoms with Gasteiger partial charge in [0.15, 0.2) is 11.6 Å². The highest BCUT2D eigenvalue weighted by molar-refractivity contribution is 5.17. The third kappa shape index (κ3) is 3.59. The molecule has 2 nitrogen and oxygen atoms in total. The van der Waals surface area contributed by atoms with Gasteiger partial charge in [0.05, 0.1) is 12.0 Å². The number of rotatable bonds is 4. The van der Waals surface area contributed by atoms with Crippen LogP contribution in [0.15, 0.2) is 18.2 Å². The lowest BCUT2D eigenvalue weighted by atomic mass is 10.1. The summed E-state index contributed by atoms with van der Waals surface area (Å²) >= 11 is 0. The molecule has 0 aliphatic carbocycles. The van der Waals surface area contributed by atoms with Gasteiger partial charge in [-0.15, -0.1) is 0 Å². The van der Waals surface area contributed by atoms with E-state index in [0.717, 1.165) is 6.07 Å². The van der Waals surface area contributed by atoms with Crippen LogP contribution in [0.25, 0.3) is 0 Å². The van der Waals surface area contributed by atoms with E-state index in [1.54, 1.807) is 6.07 Å². The molecule has 0 aliphatic heterocycles. The van der Waals surface area contributed by atoms with Crippen molar-refractivity contribution in [2.24, 2.45) is 5.92 Å². The number of hydrogen-bond donors (Lipinski definition) is 0. The zero-order valence-electron chi connectivity index (χ0n) is 9.37. The zero-order valence-corrected chi connectivity index (χ0v) is 9.37. The van der Waals surface area contributed by atoms with Crippen molar-refractivity contribution in [1.29, 1.82) is 5.26 Å². The molecule has 86 valence electrons. The molecule has 0 spiro atoms. The zero-order chi connectivity index (χ0) is 12.1. The SMILES string of the molecule is CC(C#N)CN(C)Cc1ccc(F)c(F)c1. The normalized spacial score (nSPS) is 12.5. The number of hydrogen-bond acceptors (Lipinski definition) is 2. The summed E-state index contributed by atoms with van der Waals surface area (Å²) in [5, 5.41) is 8.64. The summed E-state index contributed by atoms with van der Waals surface area (Å²) in [5.74, 6) is -1.74. The van der Waals surface area contributed by atoms with Crippen molar-refractivity contribution in [2.45, 2.75) is 13.5 Å². The van der Waals surface area contributed by atoms with Gasteiger partial charge in [-0.1, -0.05) is 6.07 Å². The van der Waals surface area contributed by atoms with Crippen LogP contribution < -0.4 is 0 Å². The summed E-state index contributed by atoms with van der Waals surface area (Å²) in [7, 11) is 1.84. The molecule has 0 amide bonds. The summed E-state index contributed by atoms with van der Waals surface area (Å²) in [6.07, 6.45) is 0. The van der Waals surface area contributed by atoms with E-state index in [9.17, 15) is 8.78 Å². The first-order valence-corrected chi connectivity index (χ1v) is 5.05. The number of benzene rings is 1. The maximum atomic E-state index is 12.9. The predicted octanol–water partition coefficient (Wildman–Crippen LogP) is 2.56. The van der Waals surface area contributed by atoms with Crippen LogP contribution in [-0.2, 0) is 6.54 Å². The van der Waals surface area contributed by atoms with Crippen LogP contribution >= 0.6 is 0 Å². The number of nitriles is 1. The molecule has 1 aromatic rings. The van der Waals surface area contributed by atoms with Gasteiger partial charge in [0.2, 0.25) is 0 Å². The summed E-state index contributed by atoms with van der Waals surface area (Å²) in [6, 6.07) is 5.97. The van der Waals surface area contributed by atoms with Gasteiger partial charge in [-0.2, -0.15) is 5.26 Å². The molecule has 1 unspecified atom stereocenters. The lowest BCUT2D eigenvalue weighted by molar-refractivity contribution is 0.302. The maximum Gasteiger partial charge on any atom is 0.159 e. The Kier molecular flexibility index (Phi) is 4.39. The molecule has 0 heterocycles. The van der Waals surface area contributed by atoms with Crippen molar-refractivity contribution >= 4 is 0 Å². The Balaban J connectivity index is 2.60. The van der Waals surface area contributed by atoms with E-state index < -0.39 is 11.6 Å². The van der Waals surface area contributed by atoms with E-state index in [0.29, 0.717) is 18.7 Å². The van der Waals surface area contributed by atoms with Crippen LogP contribution in [0.1, 0.15) is 12.5 Å². The van der Waals surface area contributed by atoms with Crippen LogP contribution in [0.4, 0.5) is 8.78 Å². The first-order chi connectivity index (χ1) is 7.52. The van der Waals surface area contributed by atoms with E-state index in [2.05, 4.69) is 6.07 Å². The Bertz CT molecular complexity index is 398. The molecular formula is C12H14F2N2. The van der Waals surface area contributed by atoms with Crippen molar-refractivity contribution in [3.63, 3.8) is 0 Å². The molecule has 0 bridgehead atoms. The molecule has 0 saturated heterocycles. The lowest BCUT2D eigenvalue weighted by Gasteiger charge is -2.17. The second kappa shape index (κ2) is 5.57. The topological polar surface area (TPSA) is 27.0 Å². The summed E-state index contributed by atoms with van der Waals surface area (Å²) in [6.45, 7) is 2.93. The minimum atomic E-state index is -0.836. The summed E-state index contributed by atoms with van der Waals surface area (Å²) in [4.78, 5) is 1.90. The van der Waals surface area contributed by atoms with Crippen molar-refractivity contribution in [3.05, 3.63) is 35.4 Å². The van der Waals surface area contributed by atoms with E-state index in [1.807, 2.05) is 18.9 Å². The van der Waals surface area contributed by atoms with Gasteiger partial charge < -0.3 is 4.90 Å². The fourth-order valence-electron chi connectivity index (χ4n) is 1.52. The first-order valence-electron chi connectivity index (χ1n) is 5.05. The third-order valence-corrected chi connectivity index (χ3v) is 2.24. The number of nitrogens with zero attached hydrogens (tertiary/aromatic N) is 2. The smallest absolute Gasteiger partial charge is 0.159 e. The Hall–Kier alpha value is -1.47. The quantitative estimate of drug-likeness (QED) is 0.785. The number of halogens is 2. The Morgan fingerprint density at radius 1 is 1.38 bits per heavy atom. The highest BCUT2D eigenvalue weighted by Crippen LogP contribution is 2.11. The van der Waals surface area contributed by atoms with Gasteiger partial charge in [-0.25, -0.2) is 8.78 Å². The molecule has 0 aromatic heterocycles. The standard InChI is InChI=1S/C12H14F2N2/c1-9(6-15)7-16(2)8-10-3-4-11(13)12(14)5-10/h3-5,9H,7-8H2,1-2H3. The van der Waals surface area contributed by atoms with Crippen LogP contribution in [0.2, 0.25) is 0 Å². The van der Waals surface area contributed by atoms with Gasteiger partial charge in [0.1, 0.15) is 0 Å². The minimum Gasteiger partial charge on any atom is -0.301 e. The van der Waals surface area contributed by atoms with E-state index in [1.165, 1.54) is 6.07 Å². The lowest BCUT2D eigenvalue weighted by Crippen LogP contribution is -2.23. The van der Waals surface area contributed by atoms with E-state index in [4.69, 9.17) is 5.26 Å². The van der Waals surface area contributed by atoms with E-state index >= 15 is 0 Å². The summed E-state index contributed by atoms with van der Waals surface area (Å²) < 4.78 is 25.6.